The molecule has 1 amide bonds. The van der Waals surface area contributed by atoms with E-state index in [1.807, 2.05) is 11.0 Å². The fourth-order valence-corrected chi connectivity index (χ4v) is 2.65. The minimum atomic E-state index is -0.250. The van der Waals surface area contributed by atoms with E-state index in [2.05, 4.69) is 15.7 Å². The minimum Gasteiger partial charge on any atom is -0.367 e. The lowest BCUT2D eigenvalue weighted by molar-refractivity contribution is 0.0951. The molecule has 1 fully saturated rings. The molecule has 1 aromatic carbocycles. The average Bonchev–Trinajstić information content (AvgIpc) is 3.00. The van der Waals surface area contributed by atoms with Gasteiger partial charge in [0.15, 0.2) is 0 Å². The molecule has 0 radical (unpaired) electrons. The Morgan fingerprint density at radius 2 is 2.17 bits per heavy atom. The summed E-state index contributed by atoms with van der Waals surface area (Å²) in [6, 6.07) is 5.12. The maximum Gasteiger partial charge on any atom is 0.254 e. The van der Waals surface area contributed by atoms with Gasteiger partial charge in [0.1, 0.15) is 5.82 Å². The van der Waals surface area contributed by atoms with Gasteiger partial charge < -0.3 is 15.5 Å². The van der Waals surface area contributed by atoms with Crippen LogP contribution >= 0.6 is 0 Å². The van der Waals surface area contributed by atoms with E-state index in [1.165, 1.54) is 12.3 Å². The number of nitrogens with zero attached hydrogens (tertiary/aromatic N) is 3. The van der Waals surface area contributed by atoms with Crippen molar-refractivity contribution in [2.45, 2.75) is 6.54 Å². The number of amides is 1. The minimum absolute atomic E-state index is 0.218. The fourth-order valence-electron chi connectivity index (χ4n) is 2.65. The number of nitrogens with one attached hydrogen (secondary N) is 2. The molecule has 3 rings (SSSR count). The first kappa shape index (κ1) is 15.5. The summed E-state index contributed by atoms with van der Waals surface area (Å²) in [7, 11) is 1.75. The maximum absolute atomic E-state index is 14.3. The SMILES string of the molecule is Cn1cc(C(=O)NCc2ccc(N3CCNCC3)c(F)c2)cn1. The van der Waals surface area contributed by atoms with Crippen LogP contribution in [0.3, 0.4) is 0 Å². The second-order valence-electron chi connectivity index (χ2n) is 5.61. The van der Waals surface area contributed by atoms with Gasteiger partial charge in [-0.3, -0.25) is 9.48 Å². The smallest absolute Gasteiger partial charge is 0.254 e. The molecule has 7 heteroatoms. The van der Waals surface area contributed by atoms with Crippen molar-refractivity contribution in [1.82, 2.24) is 20.4 Å². The Morgan fingerprint density at radius 1 is 1.39 bits per heavy atom. The molecule has 23 heavy (non-hydrogen) atoms. The van der Waals surface area contributed by atoms with Crippen molar-refractivity contribution in [1.29, 1.82) is 0 Å². The van der Waals surface area contributed by atoms with Gasteiger partial charge in [-0.1, -0.05) is 6.07 Å². The second kappa shape index (κ2) is 6.78. The summed E-state index contributed by atoms with van der Waals surface area (Å²) >= 11 is 0. The van der Waals surface area contributed by atoms with Crippen molar-refractivity contribution in [3.63, 3.8) is 0 Å². The van der Waals surface area contributed by atoms with Crippen molar-refractivity contribution in [2.24, 2.45) is 7.05 Å². The molecule has 2 aromatic rings. The van der Waals surface area contributed by atoms with Crippen LogP contribution in [0.25, 0.3) is 0 Å². The molecule has 0 aliphatic carbocycles. The highest BCUT2D eigenvalue weighted by Gasteiger charge is 2.15. The Balaban J connectivity index is 1.62. The van der Waals surface area contributed by atoms with Gasteiger partial charge in [0, 0.05) is 46.0 Å². The fraction of sp³-hybridized carbons (Fsp3) is 0.375. The molecule has 0 atom stereocenters. The molecular weight excluding hydrogens is 297 g/mol. The van der Waals surface area contributed by atoms with Crippen molar-refractivity contribution in [3.05, 3.63) is 47.5 Å². The van der Waals surface area contributed by atoms with Crippen LogP contribution in [-0.2, 0) is 13.6 Å². The Morgan fingerprint density at radius 3 is 2.83 bits per heavy atom. The van der Waals surface area contributed by atoms with Crippen LogP contribution in [0.1, 0.15) is 15.9 Å². The van der Waals surface area contributed by atoms with E-state index >= 15 is 0 Å². The van der Waals surface area contributed by atoms with E-state index in [-0.39, 0.29) is 18.3 Å². The molecule has 1 aliphatic rings. The lowest BCUT2D eigenvalue weighted by atomic mass is 10.1. The standard InChI is InChI=1S/C16H20FN5O/c1-21-11-13(10-20-21)16(23)19-9-12-2-3-15(14(17)8-12)22-6-4-18-5-7-22/h2-3,8,10-11,18H,4-7,9H2,1H3,(H,19,23). The molecule has 122 valence electrons. The van der Waals surface area contributed by atoms with Crippen LogP contribution in [-0.4, -0.2) is 41.9 Å². The van der Waals surface area contributed by atoms with Gasteiger partial charge >= 0.3 is 0 Å². The van der Waals surface area contributed by atoms with Gasteiger partial charge in [-0.2, -0.15) is 5.10 Å². The Kier molecular flexibility index (Phi) is 4.57. The topological polar surface area (TPSA) is 62.2 Å². The predicted octanol–water partition coefficient (Wildman–Crippen LogP) is 0.899. The number of aryl methyl sites for hydroxylation is 1. The number of anilines is 1. The number of carbonyl (C=O) groups is 1. The van der Waals surface area contributed by atoms with Crippen molar-refractivity contribution >= 4 is 11.6 Å². The lowest BCUT2D eigenvalue weighted by Gasteiger charge is -2.29. The summed E-state index contributed by atoms with van der Waals surface area (Å²) in [4.78, 5) is 14.0. The third kappa shape index (κ3) is 3.68. The first-order valence-electron chi connectivity index (χ1n) is 7.64. The number of carbonyl (C=O) groups excluding carboxylic acids is 1. The van der Waals surface area contributed by atoms with Crippen LogP contribution in [0.5, 0.6) is 0 Å². The summed E-state index contributed by atoms with van der Waals surface area (Å²) in [6.07, 6.45) is 3.15. The lowest BCUT2D eigenvalue weighted by Crippen LogP contribution is -2.43. The third-order valence-electron chi connectivity index (χ3n) is 3.89. The van der Waals surface area contributed by atoms with E-state index in [4.69, 9.17) is 0 Å². The van der Waals surface area contributed by atoms with Gasteiger partial charge in [0.05, 0.1) is 17.4 Å². The second-order valence-corrected chi connectivity index (χ2v) is 5.61. The highest BCUT2D eigenvalue weighted by Crippen LogP contribution is 2.21. The van der Waals surface area contributed by atoms with Crippen molar-refractivity contribution < 1.29 is 9.18 Å². The molecule has 2 heterocycles. The molecule has 0 saturated carbocycles. The highest BCUT2D eigenvalue weighted by atomic mass is 19.1. The molecule has 2 N–H and O–H groups in total. The summed E-state index contributed by atoms with van der Waals surface area (Å²) < 4.78 is 15.9. The number of halogens is 1. The number of hydrogen-bond donors (Lipinski definition) is 2. The van der Waals surface area contributed by atoms with Gasteiger partial charge in [-0.15, -0.1) is 0 Å². The highest BCUT2D eigenvalue weighted by molar-refractivity contribution is 5.93. The predicted molar refractivity (Wildman–Crippen MR) is 85.9 cm³/mol. The van der Waals surface area contributed by atoms with Crippen LogP contribution in [0, 0.1) is 5.82 Å². The Hall–Kier alpha value is -2.41. The van der Waals surface area contributed by atoms with Gasteiger partial charge in [0.25, 0.3) is 5.91 Å². The van der Waals surface area contributed by atoms with Crippen LogP contribution < -0.4 is 15.5 Å². The quantitative estimate of drug-likeness (QED) is 0.879. The van der Waals surface area contributed by atoms with Gasteiger partial charge in [0.2, 0.25) is 0 Å². The zero-order chi connectivity index (χ0) is 16.2. The Bertz CT molecular complexity index is 694. The number of aromatic nitrogens is 2. The summed E-state index contributed by atoms with van der Waals surface area (Å²) in [5.74, 6) is -0.468. The van der Waals surface area contributed by atoms with E-state index in [1.54, 1.807) is 24.0 Å². The van der Waals surface area contributed by atoms with E-state index in [0.717, 1.165) is 31.7 Å². The van der Waals surface area contributed by atoms with Crippen LogP contribution in [0.15, 0.2) is 30.6 Å². The molecule has 0 bridgehead atoms. The van der Waals surface area contributed by atoms with Gasteiger partial charge in [-0.25, -0.2) is 4.39 Å². The largest absolute Gasteiger partial charge is 0.367 e. The molecule has 6 nitrogen and oxygen atoms in total. The zero-order valence-corrected chi connectivity index (χ0v) is 13.1. The summed E-state index contributed by atoms with van der Waals surface area (Å²) in [5.41, 5.74) is 1.85. The van der Waals surface area contributed by atoms with E-state index in [0.29, 0.717) is 11.3 Å². The molecule has 1 aromatic heterocycles. The van der Waals surface area contributed by atoms with Gasteiger partial charge in [-0.05, 0) is 17.7 Å². The third-order valence-corrected chi connectivity index (χ3v) is 3.89. The molecule has 1 saturated heterocycles. The van der Waals surface area contributed by atoms with E-state index in [9.17, 15) is 9.18 Å². The molecular formula is C16H20FN5O. The average molecular weight is 317 g/mol. The molecule has 0 spiro atoms. The van der Waals surface area contributed by atoms with Crippen molar-refractivity contribution in [2.75, 3.05) is 31.1 Å². The summed E-state index contributed by atoms with van der Waals surface area (Å²) in [6.45, 7) is 3.61. The number of hydrogen-bond acceptors (Lipinski definition) is 4. The molecule has 1 aliphatic heterocycles. The normalized spacial score (nSPS) is 14.8. The number of rotatable bonds is 4. The van der Waals surface area contributed by atoms with Crippen LogP contribution in [0.2, 0.25) is 0 Å². The monoisotopic (exact) mass is 317 g/mol. The maximum atomic E-state index is 14.3. The first-order valence-corrected chi connectivity index (χ1v) is 7.64. The number of benzene rings is 1. The Labute approximate surface area is 134 Å². The van der Waals surface area contributed by atoms with Crippen molar-refractivity contribution in [3.8, 4) is 0 Å². The van der Waals surface area contributed by atoms with E-state index < -0.39 is 0 Å². The number of piperazine rings is 1. The zero-order valence-electron chi connectivity index (χ0n) is 13.1. The summed E-state index contributed by atoms with van der Waals surface area (Å²) in [5, 5.41) is 9.97. The van der Waals surface area contributed by atoms with Crippen LogP contribution in [0.4, 0.5) is 10.1 Å². The first-order chi connectivity index (χ1) is 11.1. The molecule has 0 unspecified atom stereocenters.